The lowest BCUT2D eigenvalue weighted by Gasteiger charge is -2.34. The number of H-pyrrole nitrogens is 1. The van der Waals surface area contributed by atoms with E-state index in [2.05, 4.69) is 22.4 Å². The minimum absolute atomic E-state index is 0.0631. The largest absolute Gasteiger partial charge is 0.334 e. The first-order valence-electron chi connectivity index (χ1n) is 6.76. The van der Waals surface area contributed by atoms with Gasteiger partial charge in [0.15, 0.2) is 0 Å². The zero-order valence-corrected chi connectivity index (χ0v) is 11.2. The fourth-order valence-electron chi connectivity index (χ4n) is 2.48. The Balaban J connectivity index is 2.10. The molecule has 0 aromatic carbocycles. The van der Waals surface area contributed by atoms with Crippen LogP contribution in [0, 0.1) is 6.92 Å². The van der Waals surface area contributed by atoms with E-state index in [0.29, 0.717) is 11.7 Å². The van der Waals surface area contributed by atoms with E-state index >= 15 is 0 Å². The monoisotopic (exact) mass is 250 g/mol. The van der Waals surface area contributed by atoms with Crippen LogP contribution in [-0.2, 0) is 0 Å². The number of aromatic amines is 1. The Morgan fingerprint density at radius 2 is 2.22 bits per heavy atom. The standard InChI is InChI=1S/C13H22N4O/c1-3-8-17(11-4-6-14-7-5-11)13(18)12-9-10(2)15-16-12/h9,11,14H,3-8H2,1-2H3,(H,15,16). The molecule has 2 rings (SSSR count). The summed E-state index contributed by atoms with van der Waals surface area (Å²) in [5.41, 5.74) is 1.47. The van der Waals surface area contributed by atoms with E-state index in [1.54, 1.807) is 0 Å². The van der Waals surface area contributed by atoms with Gasteiger partial charge in [-0.05, 0) is 45.3 Å². The Labute approximate surface area is 108 Å². The van der Waals surface area contributed by atoms with Crippen LogP contribution in [0.25, 0.3) is 0 Å². The SMILES string of the molecule is CCCN(C(=O)c1cc(C)[nH]n1)C1CCNCC1. The minimum atomic E-state index is 0.0631. The Kier molecular flexibility index (Phi) is 4.36. The molecule has 5 heteroatoms. The number of nitrogens with zero attached hydrogens (tertiary/aromatic N) is 2. The van der Waals surface area contributed by atoms with Gasteiger partial charge in [0, 0.05) is 18.3 Å². The molecule has 0 atom stereocenters. The van der Waals surface area contributed by atoms with Crippen molar-refractivity contribution < 1.29 is 4.79 Å². The summed E-state index contributed by atoms with van der Waals surface area (Å²) in [7, 11) is 0. The summed E-state index contributed by atoms with van der Waals surface area (Å²) in [4.78, 5) is 14.5. The number of carbonyl (C=O) groups is 1. The van der Waals surface area contributed by atoms with Crippen molar-refractivity contribution >= 4 is 5.91 Å². The van der Waals surface area contributed by atoms with E-state index in [9.17, 15) is 4.79 Å². The number of carbonyl (C=O) groups excluding carboxylic acids is 1. The highest BCUT2D eigenvalue weighted by molar-refractivity contribution is 5.92. The van der Waals surface area contributed by atoms with E-state index < -0.39 is 0 Å². The van der Waals surface area contributed by atoms with Crippen LogP contribution in [0.15, 0.2) is 6.07 Å². The van der Waals surface area contributed by atoms with Gasteiger partial charge in [-0.15, -0.1) is 0 Å². The maximum absolute atomic E-state index is 12.5. The highest BCUT2D eigenvalue weighted by atomic mass is 16.2. The molecule has 2 heterocycles. The highest BCUT2D eigenvalue weighted by Gasteiger charge is 2.26. The van der Waals surface area contributed by atoms with E-state index in [-0.39, 0.29) is 5.91 Å². The zero-order chi connectivity index (χ0) is 13.0. The third kappa shape index (κ3) is 2.90. The summed E-state index contributed by atoms with van der Waals surface area (Å²) in [6, 6.07) is 2.18. The fourth-order valence-corrected chi connectivity index (χ4v) is 2.48. The van der Waals surface area contributed by atoms with Crippen molar-refractivity contribution in [1.82, 2.24) is 20.4 Å². The van der Waals surface area contributed by atoms with Gasteiger partial charge in [-0.2, -0.15) is 5.10 Å². The molecular weight excluding hydrogens is 228 g/mol. The molecule has 0 unspecified atom stereocenters. The van der Waals surface area contributed by atoms with E-state index in [1.807, 2.05) is 17.9 Å². The van der Waals surface area contributed by atoms with Gasteiger partial charge in [-0.1, -0.05) is 6.92 Å². The maximum atomic E-state index is 12.5. The van der Waals surface area contributed by atoms with Crippen LogP contribution in [0.3, 0.4) is 0 Å². The second kappa shape index (κ2) is 6.00. The Morgan fingerprint density at radius 1 is 1.50 bits per heavy atom. The van der Waals surface area contributed by atoms with Crippen LogP contribution < -0.4 is 5.32 Å². The van der Waals surface area contributed by atoms with E-state index in [1.165, 1.54) is 0 Å². The molecule has 1 fully saturated rings. The van der Waals surface area contributed by atoms with Gasteiger partial charge in [0.1, 0.15) is 5.69 Å². The fraction of sp³-hybridized carbons (Fsp3) is 0.692. The van der Waals surface area contributed by atoms with Crippen LogP contribution in [0.1, 0.15) is 42.4 Å². The summed E-state index contributed by atoms with van der Waals surface area (Å²) in [5.74, 6) is 0.0631. The topological polar surface area (TPSA) is 61.0 Å². The summed E-state index contributed by atoms with van der Waals surface area (Å²) < 4.78 is 0. The third-order valence-electron chi connectivity index (χ3n) is 3.40. The zero-order valence-electron chi connectivity index (χ0n) is 11.2. The number of nitrogens with one attached hydrogen (secondary N) is 2. The molecule has 0 radical (unpaired) electrons. The molecule has 0 spiro atoms. The molecule has 1 aliphatic rings. The van der Waals surface area contributed by atoms with Crippen LogP contribution in [0.4, 0.5) is 0 Å². The number of aryl methyl sites for hydroxylation is 1. The van der Waals surface area contributed by atoms with E-state index in [0.717, 1.165) is 44.6 Å². The first-order chi connectivity index (χ1) is 8.72. The van der Waals surface area contributed by atoms with Crippen molar-refractivity contribution in [3.63, 3.8) is 0 Å². The van der Waals surface area contributed by atoms with Crippen LogP contribution in [0.2, 0.25) is 0 Å². The summed E-state index contributed by atoms with van der Waals surface area (Å²) >= 11 is 0. The average molecular weight is 250 g/mol. The van der Waals surface area contributed by atoms with Gasteiger partial charge >= 0.3 is 0 Å². The average Bonchev–Trinajstić information content (AvgIpc) is 2.83. The molecule has 1 amide bonds. The van der Waals surface area contributed by atoms with Crippen molar-refractivity contribution in [3.8, 4) is 0 Å². The van der Waals surface area contributed by atoms with Crippen LogP contribution in [-0.4, -0.2) is 46.7 Å². The quantitative estimate of drug-likeness (QED) is 0.847. The molecule has 0 aliphatic carbocycles. The number of aromatic nitrogens is 2. The molecule has 0 saturated carbocycles. The lowest BCUT2D eigenvalue weighted by molar-refractivity contribution is 0.0636. The summed E-state index contributed by atoms with van der Waals surface area (Å²) in [5, 5.41) is 10.3. The van der Waals surface area contributed by atoms with Crippen molar-refractivity contribution in [2.24, 2.45) is 0 Å². The van der Waals surface area contributed by atoms with Gasteiger partial charge in [0.25, 0.3) is 5.91 Å². The first kappa shape index (κ1) is 13.1. The minimum Gasteiger partial charge on any atom is -0.334 e. The Bertz CT molecular complexity index is 395. The lowest BCUT2D eigenvalue weighted by Crippen LogP contribution is -2.46. The van der Waals surface area contributed by atoms with Crippen molar-refractivity contribution in [2.75, 3.05) is 19.6 Å². The smallest absolute Gasteiger partial charge is 0.274 e. The Hall–Kier alpha value is -1.36. The molecule has 100 valence electrons. The molecule has 1 aromatic rings. The van der Waals surface area contributed by atoms with E-state index in [4.69, 9.17) is 0 Å². The Morgan fingerprint density at radius 3 is 2.78 bits per heavy atom. The number of amides is 1. The van der Waals surface area contributed by atoms with Crippen molar-refractivity contribution in [3.05, 3.63) is 17.5 Å². The van der Waals surface area contributed by atoms with Crippen LogP contribution in [0.5, 0.6) is 0 Å². The van der Waals surface area contributed by atoms with Gasteiger partial charge in [0.05, 0.1) is 0 Å². The lowest BCUT2D eigenvalue weighted by atomic mass is 10.0. The molecular formula is C13H22N4O. The summed E-state index contributed by atoms with van der Waals surface area (Å²) in [6.45, 7) is 6.83. The van der Waals surface area contributed by atoms with Crippen molar-refractivity contribution in [1.29, 1.82) is 0 Å². The normalized spacial score (nSPS) is 16.8. The van der Waals surface area contributed by atoms with Gasteiger partial charge in [0.2, 0.25) is 0 Å². The third-order valence-corrected chi connectivity index (χ3v) is 3.40. The van der Waals surface area contributed by atoms with Crippen molar-refractivity contribution in [2.45, 2.75) is 39.2 Å². The van der Waals surface area contributed by atoms with Crippen LogP contribution >= 0.6 is 0 Å². The molecule has 18 heavy (non-hydrogen) atoms. The van der Waals surface area contributed by atoms with Gasteiger partial charge < -0.3 is 10.2 Å². The maximum Gasteiger partial charge on any atom is 0.274 e. The second-order valence-corrected chi connectivity index (χ2v) is 4.92. The predicted molar refractivity (Wildman–Crippen MR) is 70.5 cm³/mol. The molecule has 1 saturated heterocycles. The number of hydrogen-bond donors (Lipinski definition) is 2. The predicted octanol–water partition coefficient (Wildman–Crippen LogP) is 1.32. The molecule has 0 bridgehead atoms. The second-order valence-electron chi connectivity index (χ2n) is 4.92. The summed E-state index contributed by atoms with van der Waals surface area (Å²) in [6.07, 6.45) is 3.06. The van der Waals surface area contributed by atoms with Gasteiger partial charge in [-0.25, -0.2) is 0 Å². The number of hydrogen-bond acceptors (Lipinski definition) is 3. The van der Waals surface area contributed by atoms with Gasteiger partial charge in [-0.3, -0.25) is 9.89 Å². The molecule has 2 N–H and O–H groups in total. The molecule has 1 aliphatic heterocycles. The first-order valence-corrected chi connectivity index (χ1v) is 6.76. The molecule has 1 aromatic heterocycles. The number of rotatable bonds is 4. The number of piperidine rings is 1. The highest BCUT2D eigenvalue weighted by Crippen LogP contribution is 2.15. The molecule has 5 nitrogen and oxygen atoms in total.